The molecule has 40 heavy (non-hydrogen) atoms. The van der Waals surface area contributed by atoms with Crippen LogP contribution >= 0.6 is 12.2 Å². The molecule has 0 radical (unpaired) electrons. The lowest BCUT2D eigenvalue weighted by Gasteiger charge is -2.30. The maximum atomic E-state index is 13.6. The summed E-state index contributed by atoms with van der Waals surface area (Å²) in [5, 5.41) is 15.2. The maximum Gasteiger partial charge on any atom is 0.416 e. The topological polar surface area (TPSA) is 95.2 Å². The van der Waals surface area contributed by atoms with E-state index in [0.717, 1.165) is 11.6 Å². The van der Waals surface area contributed by atoms with Crippen LogP contribution in [0, 0.1) is 11.3 Å². The van der Waals surface area contributed by atoms with Crippen LogP contribution in [-0.4, -0.2) is 58.3 Å². The Bertz CT molecular complexity index is 1320. The number of ether oxygens (including phenoxy) is 1. The van der Waals surface area contributed by atoms with Crippen molar-refractivity contribution < 1.29 is 22.7 Å². The number of carbonyl (C=O) groups is 1. The molecule has 0 saturated carbocycles. The number of aromatic nitrogens is 2. The number of halogens is 3. The molecule has 1 heterocycles. The van der Waals surface area contributed by atoms with Crippen molar-refractivity contribution in [3.63, 3.8) is 0 Å². The summed E-state index contributed by atoms with van der Waals surface area (Å²) in [5.74, 6) is -0.261. The van der Waals surface area contributed by atoms with Crippen molar-refractivity contribution in [3.8, 4) is 6.07 Å². The van der Waals surface area contributed by atoms with E-state index in [1.54, 1.807) is 42.5 Å². The summed E-state index contributed by atoms with van der Waals surface area (Å²) >= 11 is 5.48. The summed E-state index contributed by atoms with van der Waals surface area (Å²) in [4.78, 5) is 18.7. The van der Waals surface area contributed by atoms with Gasteiger partial charge < -0.3 is 24.8 Å². The molecule has 3 rings (SSSR count). The van der Waals surface area contributed by atoms with Crippen molar-refractivity contribution in [3.05, 3.63) is 89.0 Å². The Morgan fingerprint density at radius 3 is 2.62 bits per heavy atom. The number of hydrogen-bond donors (Lipinski definition) is 2. The van der Waals surface area contributed by atoms with Crippen molar-refractivity contribution in [2.45, 2.75) is 38.7 Å². The lowest BCUT2D eigenvalue weighted by atomic mass is 10.1. The number of nitrogens with zero attached hydrogens (tertiary/aromatic N) is 4. The fourth-order valence-corrected chi connectivity index (χ4v) is 4.36. The van der Waals surface area contributed by atoms with Gasteiger partial charge in [-0.1, -0.05) is 30.3 Å². The second kappa shape index (κ2) is 14.4. The molecule has 1 atom stereocenters. The van der Waals surface area contributed by atoms with Crippen LogP contribution in [0.3, 0.4) is 0 Å². The standard InChI is InChI=1S/C28H31F3N6O2S/c1-20(35-26(38)13-24-15-33-19-37(24)17-22-9-7-21(14-32)8-10-22)16-36(27(40)34-11-12-39-2)18-23-5-3-4-6-25(23)28(29,30)31/h3-10,15,19-20H,11-13,16-18H2,1-2H3,(H,34,40)(H,35,38)/t20-/m0/s1. The van der Waals surface area contributed by atoms with Gasteiger partial charge in [-0.3, -0.25) is 4.79 Å². The van der Waals surface area contributed by atoms with Gasteiger partial charge in [0.15, 0.2) is 5.11 Å². The van der Waals surface area contributed by atoms with E-state index < -0.39 is 17.8 Å². The normalized spacial score (nSPS) is 11.9. The number of nitriles is 1. The summed E-state index contributed by atoms with van der Waals surface area (Å²) in [6, 6.07) is 14.2. The Morgan fingerprint density at radius 1 is 1.23 bits per heavy atom. The van der Waals surface area contributed by atoms with Crippen LogP contribution in [0.5, 0.6) is 0 Å². The molecule has 0 aliphatic heterocycles. The number of nitrogens with one attached hydrogen (secondary N) is 2. The number of methoxy groups -OCH3 is 1. The van der Waals surface area contributed by atoms with Crippen molar-refractivity contribution in [1.29, 1.82) is 5.26 Å². The van der Waals surface area contributed by atoms with E-state index >= 15 is 0 Å². The minimum atomic E-state index is -4.51. The van der Waals surface area contributed by atoms with Gasteiger partial charge >= 0.3 is 6.18 Å². The first-order chi connectivity index (χ1) is 19.1. The zero-order chi connectivity index (χ0) is 29.1. The van der Waals surface area contributed by atoms with Gasteiger partial charge in [0, 0.05) is 51.2 Å². The number of thiocarbonyl (C=S) groups is 1. The number of alkyl halides is 3. The third-order valence-corrected chi connectivity index (χ3v) is 6.43. The van der Waals surface area contributed by atoms with Crippen LogP contribution in [-0.2, 0) is 35.2 Å². The van der Waals surface area contributed by atoms with Crippen LogP contribution in [0.4, 0.5) is 13.2 Å². The first kappa shape index (κ1) is 30.6. The summed E-state index contributed by atoms with van der Waals surface area (Å²) in [5.41, 5.74) is 1.56. The first-order valence-corrected chi connectivity index (χ1v) is 13.0. The molecule has 0 bridgehead atoms. The Hall–Kier alpha value is -3.95. The van der Waals surface area contributed by atoms with Gasteiger partial charge in [-0.25, -0.2) is 4.98 Å². The first-order valence-electron chi connectivity index (χ1n) is 12.5. The lowest BCUT2D eigenvalue weighted by molar-refractivity contribution is -0.138. The molecule has 0 spiro atoms. The fourth-order valence-electron chi connectivity index (χ4n) is 4.12. The number of hydrogen-bond acceptors (Lipinski definition) is 5. The molecule has 212 valence electrons. The molecule has 0 unspecified atom stereocenters. The third-order valence-electron chi connectivity index (χ3n) is 6.03. The highest BCUT2D eigenvalue weighted by Crippen LogP contribution is 2.32. The van der Waals surface area contributed by atoms with Gasteiger partial charge in [0.25, 0.3) is 0 Å². The van der Waals surface area contributed by atoms with E-state index in [9.17, 15) is 18.0 Å². The lowest BCUT2D eigenvalue weighted by Crippen LogP contribution is -2.48. The van der Waals surface area contributed by atoms with Crippen LogP contribution < -0.4 is 10.6 Å². The van der Waals surface area contributed by atoms with Crippen molar-refractivity contribution in [2.24, 2.45) is 0 Å². The number of amides is 1. The molecule has 2 N–H and O–H groups in total. The van der Waals surface area contributed by atoms with E-state index in [1.807, 2.05) is 16.7 Å². The molecule has 3 aromatic rings. The van der Waals surface area contributed by atoms with E-state index in [0.29, 0.717) is 31.0 Å². The predicted molar refractivity (Wildman–Crippen MR) is 148 cm³/mol. The Morgan fingerprint density at radius 2 is 1.95 bits per heavy atom. The monoisotopic (exact) mass is 572 g/mol. The maximum absolute atomic E-state index is 13.6. The largest absolute Gasteiger partial charge is 0.416 e. The van der Waals surface area contributed by atoms with Gasteiger partial charge in [-0.15, -0.1) is 0 Å². The van der Waals surface area contributed by atoms with E-state index in [4.69, 9.17) is 22.2 Å². The quantitative estimate of drug-likeness (QED) is 0.251. The highest BCUT2D eigenvalue weighted by Gasteiger charge is 2.33. The molecule has 2 aromatic carbocycles. The molecule has 0 aliphatic carbocycles. The van der Waals surface area contributed by atoms with Gasteiger partial charge in [-0.05, 0) is 48.5 Å². The van der Waals surface area contributed by atoms with Crippen LogP contribution in [0.1, 0.15) is 34.9 Å². The molecule has 1 aromatic heterocycles. The van der Waals surface area contributed by atoms with Gasteiger partial charge in [0.1, 0.15) is 0 Å². The van der Waals surface area contributed by atoms with Crippen LogP contribution in [0.25, 0.3) is 0 Å². The molecule has 1 amide bonds. The van der Waals surface area contributed by atoms with Crippen LogP contribution in [0.15, 0.2) is 61.1 Å². The number of rotatable bonds is 12. The molecule has 0 fully saturated rings. The van der Waals surface area contributed by atoms with Crippen molar-refractivity contribution in [1.82, 2.24) is 25.1 Å². The SMILES string of the molecule is COCCNC(=S)N(Cc1ccccc1C(F)(F)F)C[C@H](C)NC(=O)Cc1cncn1Cc1ccc(C#N)cc1. The molecular formula is C28H31F3N6O2S. The second-order valence-electron chi connectivity index (χ2n) is 9.23. The zero-order valence-electron chi connectivity index (χ0n) is 22.2. The average molecular weight is 573 g/mol. The molecule has 8 nitrogen and oxygen atoms in total. The average Bonchev–Trinajstić information content (AvgIpc) is 3.34. The molecule has 0 aliphatic rings. The van der Waals surface area contributed by atoms with E-state index in [2.05, 4.69) is 21.7 Å². The van der Waals surface area contributed by atoms with E-state index in [1.165, 1.54) is 19.2 Å². The fraction of sp³-hybridized carbons (Fsp3) is 0.357. The van der Waals surface area contributed by atoms with Crippen molar-refractivity contribution in [2.75, 3.05) is 26.8 Å². The Kier molecular flexibility index (Phi) is 11.0. The highest BCUT2D eigenvalue weighted by atomic mass is 32.1. The minimum absolute atomic E-state index is 0.0636. The van der Waals surface area contributed by atoms with Gasteiger partial charge in [-0.2, -0.15) is 18.4 Å². The summed E-state index contributed by atoms with van der Waals surface area (Å²) in [7, 11) is 1.54. The summed E-state index contributed by atoms with van der Waals surface area (Å²) in [6.45, 7) is 3.10. The number of imidazole rings is 1. The Labute approximate surface area is 236 Å². The minimum Gasteiger partial charge on any atom is -0.383 e. The van der Waals surface area contributed by atoms with Crippen LogP contribution in [0.2, 0.25) is 0 Å². The number of benzene rings is 2. The van der Waals surface area contributed by atoms with Gasteiger partial charge in [0.2, 0.25) is 5.91 Å². The second-order valence-corrected chi connectivity index (χ2v) is 9.61. The van der Waals surface area contributed by atoms with Crippen molar-refractivity contribution >= 4 is 23.2 Å². The zero-order valence-corrected chi connectivity index (χ0v) is 23.1. The number of carbonyl (C=O) groups excluding carboxylic acids is 1. The molecule has 0 saturated heterocycles. The highest BCUT2D eigenvalue weighted by molar-refractivity contribution is 7.80. The summed E-state index contributed by atoms with van der Waals surface area (Å²) < 4.78 is 47.7. The molecule has 12 heteroatoms. The smallest absolute Gasteiger partial charge is 0.383 e. The predicted octanol–water partition coefficient (Wildman–Crippen LogP) is 3.89. The molecular weight excluding hydrogens is 541 g/mol. The summed E-state index contributed by atoms with van der Waals surface area (Å²) in [6.07, 6.45) is -1.20. The Balaban J connectivity index is 1.66. The third kappa shape index (κ3) is 9.07. The van der Waals surface area contributed by atoms with Gasteiger partial charge in [0.05, 0.1) is 36.6 Å². The van der Waals surface area contributed by atoms with E-state index in [-0.39, 0.29) is 36.1 Å².